The van der Waals surface area contributed by atoms with E-state index in [1.54, 1.807) is 0 Å². The van der Waals surface area contributed by atoms with Gasteiger partial charge in [-0.25, -0.2) is 0 Å². The van der Waals surface area contributed by atoms with E-state index < -0.39 is 0 Å². The smallest absolute Gasteiger partial charge is 0.319 e. The Morgan fingerprint density at radius 2 is 1.50 bits per heavy atom. The molecule has 108 valence electrons. The lowest BCUT2D eigenvalue weighted by molar-refractivity contribution is -0.141. The highest BCUT2D eigenvalue weighted by atomic mass is 16.5. The van der Waals surface area contributed by atoms with Crippen molar-refractivity contribution in [3.8, 4) is 0 Å². The molecule has 0 spiro atoms. The molecule has 3 heteroatoms. The predicted molar refractivity (Wildman–Crippen MR) is 76.7 cm³/mol. The van der Waals surface area contributed by atoms with E-state index in [2.05, 4.69) is 18.7 Å². The maximum Gasteiger partial charge on any atom is 0.319 e. The van der Waals surface area contributed by atoms with Crippen molar-refractivity contribution < 1.29 is 9.53 Å². The number of carbonyl (C=O) groups excluding carboxylic acids is 1. The monoisotopic (exact) mass is 257 g/mol. The summed E-state index contributed by atoms with van der Waals surface area (Å²) in [7, 11) is 1.46. The molecule has 0 aliphatic rings. The lowest BCUT2D eigenvalue weighted by Crippen LogP contribution is -2.32. The molecular weight excluding hydrogens is 226 g/mol. The van der Waals surface area contributed by atoms with Crippen LogP contribution in [0, 0.1) is 0 Å². The number of unbranched alkanes of at least 4 members (excludes halogenated alkanes) is 6. The number of rotatable bonds is 12. The van der Waals surface area contributed by atoms with Crippen molar-refractivity contribution >= 4 is 5.97 Å². The molecule has 18 heavy (non-hydrogen) atoms. The zero-order chi connectivity index (χ0) is 13.6. The molecule has 0 saturated carbocycles. The highest BCUT2D eigenvalue weighted by molar-refractivity contribution is 5.71. The maximum absolute atomic E-state index is 11.2. The summed E-state index contributed by atoms with van der Waals surface area (Å²) in [6.07, 6.45) is 10.3. The van der Waals surface area contributed by atoms with Gasteiger partial charge in [0.2, 0.25) is 0 Å². The first-order chi connectivity index (χ1) is 8.74. The average molecular weight is 257 g/mol. The largest absolute Gasteiger partial charge is 0.468 e. The Bertz CT molecular complexity index is 195. The minimum Gasteiger partial charge on any atom is -0.468 e. The first-order valence-electron chi connectivity index (χ1n) is 7.53. The molecule has 0 radical (unpaired) electrons. The van der Waals surface area contributed by atoms with Gasteiger partial charge in [-0.1, -0.05) is 52.4 Å². The SMILES string of the molecule is CCCCCCCCCN(CCC)CC(=O)OC. The zero-order valence-corrected chi connectivity index (χ0v) is 12.5. The number of esters is 1. The van der Waals surface area contributed by atoms with E-state index in [4.69, 9.17) is 4.74 Å². The second-order valence-electron chi connectivity index (χ2n) is 4.97. The van der Waals surface area contributed by atoms with Crippen LogP contribution < -0.4 is 0 Å². The molecule has 0 aliphatic carbocycles. The van der Waals surface area contributed by atoms with Crippen molar-refractivity contribution in [2.45, 2.75) is 65.2 Å². The van der Waals surface area contributed by atoms with Crippen LogP contribution in [0.25, 0.3) is 0 Å². The van der Waals surface area contributed by atoms with Gasteiger partial charge in [0.05, 0.1) is 13.7 Å². The van der Waals surface area contributed by atoms with Crippen LogP contribution in [0.5, 0.6) is 0 Å². The van der Waals surface area contributed by atoms with Gasteiger partial charge in [-0.15, -0.1) is 0 Å². The maximum atomic E-state index is 11.2. The summed E-state index contributed by atoms with van der Waals surface area (Å²) >= 11 is 0. The molecule has 0 aromatic heterocycles. The van der Waals surface area contributed by atoms with Crippen molar-refractivity contribution in [3.05, 3.63) is 0 Å². The minimum absolute atomic E-state index is 0.119. The van der Waals surface area contributed by atoms with Crippen LogP contribution in [0.3, 0.4) is 0 Å². The lowest BCUT2D eigenvalue weighted by Gasteiger charge is -2.19. The summed E-state index contributed by atoms with van der Waals surface area (Å²) in [5.41, 5.74) is 0. The van der Waals surface area contributed by atoms with Crippen LogP contribution >= 0.6 is 0 Å². The number of ether oxygens (including phenoxy) is 1. The van der Waals surface area contributed by atoms with Gasteiger partial charge in [-0.3, -0.25) is 9.69 Å². The zero-order valence-electron chi connectivity index (χ0n) is 12.5. The second kappa shape index (κ2) is 12.9. The molecule has 0 rings (SSSR count). The summed E-state index contributed by atoms with van der Waals surface area (Å²) in [5.74, 6) is -0.119. The summed E-state index contributed by atoms with van der Waals surface area (Å²) in [6, 6.07) is 0. The Balaban J connectivity index is 3.54. The van der Waals surface area contributed by atoms with Crippen molar-refractivity contribution in [2.75, 3.05) is 26.7 Å². The molecule has 0 aromatic rings. The van der Waals surface area contributed by atoms with Crippen LogP contribution in [0.1, 0.15) is 65.2 Å². The molecule has 0 N–H and O–H groups in total. The Hall–Kier alpha value is -0.570. The van der Waals surface area contributed by atoms with E-state index in [1.807, 2.05) is 0 Å². The standard InChI is InChI=1S/C15H31NO2/c1-4-6-7-8-9-10-11-13-16(12-5-2)14-15(17)18-3/h4-14H2,1-3H3. The van der Waals surface area contributed by atoms with Crippen molar-refractivity contribution in [2.24, 2.45) is 0 Å². The van der Waals surface area contributed by atoms with E-state index in [9.17, 15) is 4.79 Å². The van der Waals surface area contributed by atoms with Crippen LogP contribution in [0.2, 0.25) is 0 Å². The fraction of sp³-hybridized carbons (Fsp3) is 0.933. The molecule has 0 heterocycles. The molecule has 0 fully saturated rings. The van der Waals surface area contributed by atoms with Gasteiger partial charge in [-0.05, 0) is 25.9 Å². The third-order valence-electron chi connectivity index (χ3n) is 3.20. The number of carbonyl (C=O) groups is 1. The lowest BCUT2D eigenvalue weighted by atomic mass is 10.1. The normalized spacial score (nSPS) is 10.9. The Kier molecular flexibility index (Phi) is 12.5. The van der Waals surface area contributed by atoms with Gasteiger partial charge >= 0.3 is 5.97 Å². The summed E-state index contributed by atoms with van der Waals surface area (Å²) < 4.78 is 4.72. The molecule has 3 nitrogen and oxygen atoms in total. The third kappa shape index (κ3) is 10.6. The Morgan fingerprint density at radius 3 is 2.06 bits per heavy atom. The topological polar surface area (TPSA) is 29.5 Å². The molecule has 0 amide bonds. The van der Waals surface area contributed by atoms with Crippen LogP contribution in [0.15, 0.2) is 0 Å². The molecule has 0 aliphatic heterocycles. The van der Waals surface area contributed by atoms with E-state index in [0.717, 1.165) is 19.5 Å². The van der Waals surface area contributed by atoms with Gasteiger partial charge in [-0.2, -0.15) is 0 Å². The molecule has 0 saturated heterocycles. The molecule has 0 atom stereocenters. The highest BCUT2D eigenvalue weighted by Gasteiger charge is 2.09. The number of hydrogen-bond acceptors (Lipinski definition) is 3. The van der Waals surface area contributed by atoms with Crippen LogP contribution in [-0.4, -0.2) is 37.6 Å². The molecule has 0 aromatic carbocycles. The Labute approximate surface area is 113 Å². The highest BCUT2D eigenvalue weighted by Crippen LogP contribution is 2.07. The Morgan fingerprint density at radius 1 is 0.889 bits per heavy atom. The first-order valence-corrected chi connectivity index (χ1v) is 7.53. The van der Waals surface area contributed by atoms with E-state index in [0.29, 0.717) is 6.54 Å². The van der Waals surface area contributed by atoms with Crippen LogP contribution in [0.4, 0.5) is 0 Å². The van der Waals surface area contributed by atoms with E-state index in [-0.39, 0.29) is 5.97 Å². The van der Waals surface area contributed by atoms with Gasteiger partial charge in [0.15, 0.2) is 0 Å². The molecule has 0 bridgehead atoms. The van der Waals surface area contributed by atoms with Gasteiger partial charge in [0.25, 0.3) is 0 Å². The van der Waals surface area contributed by atoms with Crippen molar-refractivity contribution in [1.29, 1.82) is 0 Å². The third-order valence-corrected chi connectivity index (χ3v) is 3.20. The molecular formula is C15H31NO2. The number of nitrogens with zero attached hydrogens (tertiary/aromatic N) is 1. The average Bonchev–Trinajstić information content (AvgIpc) is 2.37. The minimum atomic E-state index is -0.119. The van der Waals surface area contributed by atoms with Crippen LogP contribution in [-0.2, 0) is 9.53 Å². The van der Waals surface area contributed by atoms with Gasteiger partial charge in [0.1, 0.15) is 0 Å². The summed E-state index contributed by atoms with van der Waals surface area (Å²) in [6.45, 7) is 6.85. The fourth-order valence-corrected chi connectivity index (χ4v) is 2.13. The second-order valence-corrected chi connectivity index (χ2v) is 4.97. The molecule has 0 unspecified atom stereocenters. The van der Waals surface area contributed by atoms with Gasteiger partial charge < -0.3 is 4.74 Å². The fourth-order valence-electron chi connectivity index (χ4n) is 2.13. The van der Waals surface area contributed by atoms with Crippen molar-refractivity contribution in [1.82, 2.24) is 4.90 Å². The summed E-state index contributed by atoms with van der Waals surface area (Å²) in [5, 5.41) is 0. The first kappa shape index (κ1) is 17.4. The van der Waals surface area contributed by atoms with E-state index >= 15 is 0 Å². The number of methoxy groups -OCH3 is 1. The summed E-state index contributed by atoms with van der Waals surface area (Å²) in [4.78, 5) is 13.4. The van der Waals surface area contributed by atoms with E-state index in [1.165, 1.54) is 52.1 Å². The number of hydrogen-bond donors (Lipinski definition) is 0. The quantitative estimate of drug-likeness (QED) is 0.395. The van der Waals surface area contributed by atoms with Gasteiger partial charge in [0, 0.05) is 0 Å². The predicted octanol–water partition coefficient (Wildman–Crippen LogP) is 3.62. The van der Waals surface area contributed by atoms with Crippen molar-refractivity contribution in [3.63, 3.8) is 0 Å².